The summed E-state index contributed by atoms with van der Waals surface area (Å²) >= 11 is 0. The number of nitrogens with zero attached hydrogens (tertiary/aromatic N) is 2. The monoisotopic (exact) mass is 388 g/mol. The average Bonchev–Trinajstić information content (AvgIpc) is 2.52. The fraction of sp³-hybridized carbons (Fsp3) is 0.250. The molecule has 2 aromatic rings. The largest absolute Gasteiger partial charge is 0.491 e. The molecule has 0 amide bonds. The van der Waals surface area contributed by atoms with Crippen LogP contribution in [-0.4, -0.2) is 31.6 Å². The Bertz CT molecular complexity index is 1040. The van der Waals surface area contributed by atoms with E-state index >= 15 is 0 Å². The van der Waals surface area contributed by atoms with E-state index in [9.17, 15) is 26.4 Å². The summed E-state index contributed by atoms with van der Waals surface area (Å²) in [6, 6.07) is 2.03. The van der Waals surface area contributed by atoms with E-state index in [0.717, 1.165) is 12.3 Å². The molecule has 140 valence electrons. The smallest absolute Gasteiger partial charge is 0.416 e. The number of allylic oxidation sites excluding steroid dienone is 1. The van der Waals surface area contributed by atoms with Crippen LogP contribution >= 0.6 is 0 Å². The molecular weight excluding hydrogens is 373 g/mol. The Morgan fingerprint density at radius 3 is 2.38 bits per heavy atom. The highest BCUT2D eigenvalue weighted by atomic mass is 32.2. The first-order valence-corrected chi connectivity index (χ1v) is 9.01. The fourth-order valence-corrected chi connectivity index (χ4v) is 3.15. The summed E-state index contributed by atoms with van der Waals surface area (Å²) in [5.74, 6) is -0.146. The zero-order valence-electron chi connectivity index (χ0n) is 14.1. The van der Waals surface area contributed by atoms with Crippen LogP contribution in [0.5, 0.6) is 5.75 Å². The van der Waals surface area contributed by atoms with Crippen molar-refractivity contribution in [3.63, 3.8) is 0 Å². The van der Waals surface area contributed by atoms with Crippen molar-refractivity contribution >= 4 is 15.4 Å². The van der Waals surface area contributed by atoms with Crippen molar-refractivity contribution < 1.29 is 26.3 Å². The summed E-state index contributed by atoms with van der Waals surface area (Å²) in [5.41, 5.74) is -1.49. The van der Waals surface area contributed by atoms with Crippen LogP contribution in [0.3, 0.4) is 0 Å². The van der Waals surface area contributed by atoms with E-state index in [2.05, 4.69) is 11.7 Å². The average molecular weight is 388 g/mol. The molecule has 1 aromatic heterocycles. The Hall–Kier alpha value is -2.62. The minimum Gasteiger partial charge on any atom is -0.491 e. The van der Waals surface area contributed by atoms with Crippen molar-refractivity contribution in [2.75, 3.05) is 13.4 Å². The number of halogens is 3. The molecule has 0 saturated heterocycles. The van der Waals surface area contributed by atoms with Crippen LogP contribution < -0.4 is 10.3 Å². The second kappa shape index (κ2) is 6.60. The molecule has 1 heterocycles. The maximum Gasteiger partial charge on any atom is 0.416 e. The minimum atomic E-state index is -4.74. The lowest BCUT2D eigenvalue weighted by Gasteiger charge is -2.15. The third-order valence-electron chi connectivity index (χ3n) is 3.51. The summed E-state index contributed by atoms with van der Waals surface area (Å²) < 4.78 is 68.5. The van der Waals surface area contributed by atoms with Gasteiger partial charge in [-0.25, -0.2) is 8.42 Å². The zero-order valence-corrected chi connectivity index (χ0v) is 14.9. The molecule has 0 bridgehead atoms. The van der Waals surface area contributed by atoms with E-state index in [1.165, 1.54) is 13.3 Å². The zero-order chi connectivity index (χ0) is 19.9. The molecule has 0 N–H and O–H groups in total. The van der Waals surface area contributed by atoms with E-state index in [1.807, 2.05) is 0 Å². The third-order valence-corrected chi connectivity index (χ3v) is 4.64. The molecule has 0 aliphatic heterocycles. The van der Waals surface area contributed by atoms with Crippen LogP contribution in [0.1, 0.15) is 18.1 Å². The minimum absolute atomic E-state index is 0.146. The van der Waals surface area contributed by atoms with E-state index in [4.69, 9.17) is 4.74 Å². The SMILES string of the molecule is C=C(C)c1cnn(-c2ccc(C(F)(F)F)cc2S(C)(=O)=O)c(=O)c1OC. The highest BCUT2D eigenvalue weighted by Gasteiger charge is 2.33. The van der Waals surface area contributed by atoms with Crippen LogP contribution in [0.25, 0.3) is 11.3 Å². The van der Waals surface area contributed by atoms with Gasteiger partial charge in [-0.2, -0.15) is 23.0 Å². The van der Waals surface area contributed by atoms with Gasteiger partial charge in [-0.3, -0.25) is 4.79 Å². The molecule has 0 saturated carbocycles. The second-order valence-corrected chi connectivity index (χ2v) is 7.53. The number of rotatable bonds is 4. The molecule has 10 heteroatoms. The van der Waals surface area contributed by atoms with Gasteiger partial charge in [-0.15, -0.1) is 0 Å². The molecule has 1 aromatic carbocycles. The fourth-order valence-electron chi connectivity index (χ4n) is 2.27. The van der Waals surface area contributed by atoms with Gasteiger partial charge in [-0.1, -0.05) is 6.58 Å². The van der Waals surface area contributed by atoms with Crippen molar-refractivity contribution in [2.24, 2.45) is 0 Å². The number of alkyl halides is 3. The first kappa shape index (κ1) is 19.7. The summed E-state index contributed by atoms with van der Waals surface area (Å²) in [6.45, 7) is 5.30. The van der Waals surface area contributed by atoms with Gasteiger partial charge in [0.05, 0.1) is 29.5 Å². The molecular formula is C16H15F3N2O4S. The Balaban J connectivity index is 2.85. The van der Waals surface area contributed by atoms with Crippen LogP contribution in [-0.2, 0) is 16.0 Å². The van der Waals surface area contributed by atoms with Crippen molar-refractivity contribution in [1.82, 2.24) is 9.78 Å². The van der Waals surface area contributed by atoms with Crippen LogP contribution in [0.15, 0.2) is 40.7 Å². The third kappa shape index (κ3) is 3.64. The van der Waals surface area contributed by atoms with Crippen LogP contribution in [0.4, 0.5) is 13.2 Å². The number of ether oxygens (including phenoxy) is 1. The molecule has 0 aliphatic carbocycles. The van der Waals surface area contributed by atoms with Crippen LogP contribution in [0.2, 0.25) is 0 Å². The number of methoxy groups -OCH3 is 1. The predicted octanol–water partition coefficient (Wildman–Crippen LogP) is 2.70. The van der Waals surface area contributed by atoms with Gasteiger partial charge in [-0.05, 0) is 30.7 Å². The number of benzene rings is 1. The summed E-state index contributed by atoms with van der Waals surface area (Å²) in [6.07, 6.45) is -2.76. The Morgan fingerprint density at radius 1 is 1.31 bits per heavy atom. The molecule has 0 spiro atoms. The lowest BCUT2D eigenvalue weighted by molar-refractivity contribution is -0.137. The Kier molecular flexibility index (Phi) is 5.00. The molecule has 0 fully saturated rings. The van der Waals surface area contributed by atoms with Crippen molar-refractivity contribution in [1.29, 1.82) is 0 Å². The lowest BCUT2D eigenvalue weighted by Crippen LogP contribution is -2.25. The molecule has 0 atom stereocenters. The van der Waals surface area contributed by atoms with Gasteiger partial charge in [0.2, 0.25) is 0 Å². The van der Waals surface area contributed by atoms with Gasteiger partial charge in [0.15, 0.2) is 15.6 Å². The highest BCUT2D eigenvalue weighted by molar-refractivity contribution is 7.90. The molecule has 2 rings (SSSR count). The number of hydrogen-bond donors (Lipinski definition) is 0. The summed E-state index contributed by atoms with van der Waals surface area (Å²) in [7, 11) is -2.85. The standard InChI is InChI=1S/C16H15F3N2O4S/c1-9(2)11-8-20-21(15(22)14(11)25-3)12-6-5-10(16(17,18)19)7-13(12)26(4,23)24/h5-8H,1H2,2-4H3. The van der Waals surface area contributed by atoms with E-state index < -0.39 is 32.0 Å². The molecule has 0 radical (unpaired) electrons. The second-order valence-electron chi connectivity index (χ2n) is 5.54. The first-order chi connectivity index (χ1) is 11.9. The predicted molar refractivity (Wildman–Crippen MR) is 89.2 cm³/mol. The molecule has 6 nitrogen and oxygen atoms in total. The topological polar surface area (TPSA) is 78.3 Å². The summed E-state index contributed by atoms with van der Waals surface area (Å²) in [5, 5.41) is 3.86. The number of aromatic nitrogens is 2. The molecule has 26 heavy (non-hydrogen) atoms. The van der Waals surface area contributed by atoms with E-state index in [1.54, 1.807) is 6.92 Å². The van der Waals surface area contributed by atoms with E-state index in [-0.39, 0.29) is 11.4 Å². The van der Waals surface area contributed by atoms with Gasteiger partial charge in [0, 0.05) is 11.8 Å². The maximum absolute atomic E-state index is 12.9. The molecule has 0 unspecified atom stereocenters. The highest BCUT2D eigenvalue weighted by Crippen LogP contribution is 2.33. The van der Waals surface area contributed by atoms with Crippen molar-refractivity contribution in [2.45, 2.75) is 18.0 Å². The van der Waals surface area contributed by atoms with Crippen LogP contribution in [0, 0.1) is 0 Å². The first-order valence-electron chi connectivity index (χ1n) is 7.11. The normalized spacial score (nSPS) is 12.1. The van der Waals surface area contributed by atoms with Gasteiger partial charge in [0.25, 0.3) is 0 Å². The Morgan fingerprint density at radius 2 is 1.92 bits per heavy atom. The lowest BCUT2D eigenvalue weighted by atomic mass is 10.1. The van der Waals surface area contributed by atoms with E-state index in [0.29, 0.717) is 28.0 Å². The number of hydrogen-bond acceptors (Lipinski definition) is 5. The molecule has 0 aliphatic rings. The van der Waals surface area contributed by atoms with Gasteiger partial charge >= 0.3 is 11.7 Å². The summed E-state index contributed by atoms with van der Waals surface area (Å²) in [4.78, 5) is 11.9. The van der Waals surface area contributed by atoms with Gasteiger partial charge < -0.3 is 4.74 Å². The van der Waals surface area contributed by atoms with Crippen molar-refractivity contribution in [3.05, 3.63) is 52.5 Å². The maximum atomic E-state index is 12.9. The number of sulfone groups is 1. The quantitative estimate of drug-likeness (QED) is 0.805. The van der Waals surface area contributed by atoms with Crippen molar-refractivity contribution in [3.8, 4) is 11.4 Å². The Labute approximate surface area is 147 Å². The van der Waals surface area contributed by atoms with Gasteiger partial charge in [0.1, 0.15) is 0 Å².